The number of rotatable bonds is 4. The van der Waals surface area contributed by atoms with Gasteiger partial charge in [-0.2, -0.15) is 4.98 Å². The van der Waals surface area contributed by atoms with Crippen molar-refractivity contribution >= 4 is 11.7 Å². The molecule has 1 aliphatic rings. The van der Waals surface area contributed by atoms with Crippen LogP contribution in [0.3, 0.4) is 0 Å². The van der Waals surface area contributed by atoms with Gasteiger partial charge in [-0.05, 0) is 25.0 Å². The molecule has 3 heterocycles. The van der Waals surface area contributed by atoms with Crippen molar-refractivity contribution < 1.29 is 9.32 Å². The number of aromatic nitrogens is 4. The van der Waals surface area contributed by atoms with Crippen LogP contribution < -0.4 is 5.73 Å². The largest absolute Gasteiger partial charge is 0.382 e. The molecule has 0 spiro atoms. The van der Waals surface area contributed by atoms with E-state index in [9.17, 15) is 4.79 Å². The molecule has 150 valence electrons. The van der Waals surface area contributed by atoms with E-state index in [1.807, 2.05) is 43.0 Å². The molecule has 29 heavy (non-hydrogen) atoms. The number of likely N-dealkylation sites (tertiary alicyclic amines) is 1. The molecule has 1 saturated heterocycles. The molecular weight excluding hydrogens is 368 g/mol. The van der Waals surface area contributed by atoms with Gasteiger partial charge in [-0.1, -0.05) is 31.1 Å². The van der Waals surface area contributed by atoms with Crippen LogP contribution in [0.15, 0.2) is 41.2 Å². The smallest absolute Gasteiger partial charge is 0.253 e. The first-order valence-corrected chi connectivity index (χ1v) is 9.82. The number of piperidine rings is 1. The lowest BCUT2D eigenvalue weighted by Crippen LogP contribution is -2.38. The third-order valence-corrected chi connectivity index (χ3v) is 5.19. The first-order chi connectivity index (χ1) is 14.0. The van der Waals surface area contributed by atoms with E-state index in [2.05, 4.69) is 20.1 Å². The van der Waals surface area contributed by atoms with E-state index >= 15 is 0 Å². The molecular formula is C21H24N6O2. The van der Waals surface area contributed by atoms with Crippen LogP contribution in [0.5, 0.6) is 0 Å². The molecule has 1 aliphatic heterocycles. The second-order valence-electron chi connectivity index (χ2n) is 7.62. The standard InChI is InChI=1S/C21H24N6O2/c1-13(2)19-25-20(29-26-19)15-7-9-27(10-8-15)21(28)16-5-3-14(4-6-16)17-11-23-12-18(22)24-17/h3-6,11-13,15H,7-10H2,1-2H3,(H2,22,24). The molecule has 0 aliphatic carbocycles. The van der Waals surface area contributed by atoms with Crippen LogP contribution >= 0.6 is 0 Å². The van der Waals surface area contributed by atoms with Crippen LogP contribution in [-0.4, -0.2) is 44.0 Å². The number of benzene rings is 1. The van der Waals surface area contributed by atoms with E-state index < -0.39 is 0 Å². The van der Waals surface area contributed by atoms with Crippen molar-refractivity contribution in [3.63, 3.8) is 0 Å². The Morgan fingerprint density at radius 3 is 2.48 bits per heavy atom. The van der Waals surface area contributed by atoms with Crippen molar-refractivity contribution in [1.29, 1.82) is 0 Å². The number of carbonyl (C=O) groups excluding carboxylic acids is 1. The molecule has 0 radical (unpaired) electrons. The van der Waals surface area contributed by atoms with E-state index in [0.717, 1.165) is 24.2 Å². The number of nitrogen functional groups attached to an aromatic ring is 1. The monoisotopic (exact) mass is 392 g/mol. The summed E-state index contributed by atoms with van der Waals surface area (Å²) < 4.78 is 5.42. The SMILES string of the molecule is CC(C)c1noc(C2CCN(C(=O)c3ccc(-c4cncc(N)n4)cc3)CC2)n1. The Kier molecular flexibility index (Phi) is 5.24. The molecule has 0 unspecified atom stereocenters. The molecule has 0 saturated carbocycles. The molecule has 3 aromatic rings. The normalized spacial score (nSPS) is 15.1. The number of amides is 1. The lowest BCUT2D eigenvalue weighted by Gasteiger charge is -2.30. The predicted molar refractivity (Wildman–Crippen MR) is 108 cm³/mol. The van der Waals surface area contributed by atoms with E-state index in [1.54, 1.807) is 6.20 Å². The van der Waals surface area contributed by atoms with Crippen molar-refractivity contribution in [2.45, 2.75) is 38.5 Å². The predicted octanol–water partition coefficient (Wildman–Crippen LogP) is 3.25. The average Bonchev–Trinajstić information content (AvgIpc) is 3.24. The summed E-state index contributed by atoms with van der Waals surface area (Å²) in [4.78, 5) is 27.6. The van der Waals surface area contributed by atoms with E-state index in [0.29, 0.717) is 36.1 Å². The van der Waals surface area contributed by atoms with Crippen LogP contribution in [0, 0.1) is 0 Å². The van der Waals surface area contributed by atoms with Crippen molar-refractivity contribution in [2.24, 2.45) is 0 Å². The van der Waals surface area contributed by atoms with Gasteiger partial charge in [0.05, 0.1) is 18.1 Å². The number of anilines is 1. The van der Waals surface area contributed by atoms with Gasteiger partial charge in [0, 0.05) is 36.1 Å². The van der Waals surface area contributed by atoms with E-state index in [-0.39, 0.29) is 17.7 Å². The van der Waals surface area contributed by atoms with E-state index in [1.165, 1.54) is 6.20 Å². The first-order valence-electron chi connectivity index (χ1n) is 9.82. The second kappa shape index (κ2) is 7.98. The Labute approximate surface area is 169 Å². The summed E-state index contributed by atoms with van der Waals surface area (Å²) in [5.41, 5.74) is 7.91. The Balaban J connectivity index is 1.39. The summed E-state index contributed by atoms with van der Waals surface area (Å²) in [6, 6.07) is 7.38. The summed E-state index contributed by atoms with van der Waals surface area (Å²) in [5.74, 6) is 2.28. The van der Waals surface area contributed by atoms with Gasteiger partial charge in [-0.25, -0.2) is 4.98 Å². The van der Waals surface area contributed by atoms with Crippen LogP contribution in [0.2, 0.25) is 0 Å². The number of nitrogens with two attached hydrogens (primary N) is 1. The highest BCUT2D eigenvalue weighted by atomic mass is 16.5. The van der Waals surface area contributed by atoms with Crippen molar-refractivity contribution in [3.8, 4) is 11.3 Å². The van der Waals surface area contributed by atoms with Crippen molar-refractivity contribution in [1.82, 2.24) is 25.0 Å². The average molecular weight is 392 g/mol. The minimum atomic E-state index is 0.0297. The molecule has 0 bridgehead atoms. The van der Waals surface area contributed by atoms with Crippen LogP contribution in [0.4, 0.5) is 5.82 Å². The molecule has 1 amide bonds. The highest BCUT2D eigenvalue weighted by Crippen LogP contribution is 2.28. The lowest BCUT2D eigenvalue weighted by molar-refractivity contribution is 0.0704. The van der Waals surface area contributed by atoms with Gasteiger partial charge < -0.3 is 15.2 Å². The van der Waals surface area contributed by atoms with Gasteiger partial charge >= 0.3 is 0 Å². The minimum Gasteiger partial charge on any atom is -0.382 e. The maximum atomic E-state index is 12.9. The maximum absolute atomic E-state index is 12.9. The van der Waals surface area contributed by atoms with Gasteiger partial charge in [-0.3, -0.25) is 9.78 Å². The molecule has 2 N–H and O–H groups in total. The second-order valence-corrected chi connectivity index (χ2v) is 7.62. The zero-order chi connectivity index (χ0) is 20.4. The van der Waals surface area contributed by atoms with Gasteiger partial charge in [0.2, 0.25) is 5.89 Å². The quantitative estimate of drug-likeness (QED) is 0.725. The third-order valence-electron chi connectivity index (χ3n) is 5.19. The van der Waals surface area contributed by atoms with E-state index in [4.69, 9.17) is 10.3 Å². The molecule has 1 aromatic carbocycles. The number of carbonyl (C=O) groups is 1. The summed E-state index contributed by atoms with van der Waals surface area (Å²) >= 11 is 0. The fraction of sp³-hybridized carbons (Fsp3) is 0.381. The van der Waals surface area contributed by atoms with Gasteiger partial charge in [0.1, 0.15) is 5.82 Å². The topological polar surface area (TPSA) is 111 Å². The Morgan fingerprint density at radius 1 is 1.14 bits per heavy atom. The van der Waals surface area contributed by atoms with Gasteiger partial charge in [0.25, 0.3) is 5.91 Å². The molecule has 8 nitrogen and oxygen atoms in total. The first kappa shape index (κ1) is 19.0. The summed E-state index contributed by atoms with van der Waals surface area (Å²) in [5, 5.41) is 4.05. The number of nitrogens with zero attached hydrogens (tertiary/aromatic N) is 5. The third kappa shape index (κ3) is 4.11. The molecule has 1 fully saturated rings. The zero-order valence-corrected chi connectivity index (χ0v) is 16.6. The van der Waals surface area contributed by atoms with Gasteiger partial charge in [-0.15, -0.1) is 0 Å². The van der Waals surface area contributed by atoms with Crippen molar-refractivity contribution in [2.75, 3.05) is 18.8 Å². The highest BCUT2D eigenvalue weighted by Gasteiger charge is 2.28. The lowest BCUT2D eigenvalue weighted by atomic mass is 9.96. The molecule has 8 heteroatoms. The van der Waals surface area contributed by atoms with Crippen LogP contribution in [0.1, 0.15) is 60.6 Å². The Morgan fingerprint density at radius 2 is 1.86 bits per heavy atom. The number of hydrogen-bond donors (Lipinski definition) is 1. The summed E-state index contributed by atoms with van der Waals surface area (Å²) in [6.07, 6.45) is 4.80. The van der Waals surface area contributed by atoms with Crippen LogP contribution in [0.25, 0.3) is 11.3 Å². The number of hydrogen-bond acceptors (Lipinski definition) is 7. The molecule has 4 rings (SSSR count). The Bertz CT molecular complexity index is 990. The Hall–Kier alpha value is -3.29. The highest BCUT2D eigenvalue weighted by molar-refractivity contribution is 5.94. The fourth-order valence-electron chi connectivity index (χ4n) is 3.46. The summed E-state index contributed by atoms with van der Waals surface area (Å²) in [6.45, 7) is 5.43. The maximum Gasteiger partial charge on any atom is 0.253 e. The summed E-state index contributed by atoms with van der Waals surface area (Å²) in [7, 11) is 0. The molecule has 0 atom stereocenters. The van der Waals surface area contributed by atoms with Gasteiger partial charge in [0.15, 0.2) is 5.82 Å². The molecule has 2 aromatic heterocycles. The fourth-order valence-corrected chi connectivity index (χ4v) is 3.46. The van der Waals surface area contributed by atoms with Crippen LogP contribution in [-0.2, 0) is 0 Å². The zero-order valence-electron chi connectivity index (χ0n) is 16.6. The minimum absolute atomic E-state index is 0.0297. The van der Waals surface area contributed by atoms with Crippen molar-refractivity contribution in [3.05, 3.63) is 53.9 Å².